The lowest BCUT2D eigenvalue weighted by Crippen LogP contribution is -2.48. The molecule has 1 aliphatic rings. The zero-order valence-electron chi connectivity index (χ0n) is 15.9. The molecular formula is C20H20FN5O2S. The van der Waals surface area contributed by atoms with Gasteiger partial charge in [0.05, 0.1) is 16.4 Å². The molecule has 0 N–H and O–H groups in total. The van der Waals surface area contributed by atoms with E-state index < -0.39 is 5.82 Å². The molecule has 0 aliphatic carbocycles. The van der Waals surface area contributed by atoms with Gasteiger partial charge in [-0.05, 0) is 37.3 Å². The van der Waals surface area contributed by atoms with E-state index >= 15 is 0 Å². The largest absolute Gasteiger partial charge is 0.335 e. The Labute approximate surface area is 171 Å². The fraction of sp³-hybridized carbons (Fsp3) is 0.300. The van der Waals surface area contributed by atoms with Crippen LogP contribution in [0.2, 0.25) is 0 Å². The van der Waals surface area contributed by atoms with Crippen LogP contribution in [0.3, 0.4) is 0 Å². The van der Waals surface area contributed by atoms with Gasteiger partial charge in [0.15, 0.2) is 0 Å². The Morgan fingerprint density at radius 3 is 2.48 bits per heavy atom. The summed E-state index contributed by atoms with van der Waals surface area (Å²) in [6, 6.07) is 8.16. The quantitative estimate of drug-likeness (QED) is 0.655. The van der Waals surface area contributed by atoms with Gasteiger partial charge in [0.2, 0.25) is 0 Å². The third-order valence-corrected chi connectivity index (χ3v) is 5.62. The number of nitrogens with zero attached hydrogens (tertiary/aromatic N) is 5. The number of benzene rings is 1. The first-order chi connectivity index (χ1) is 14.0. The van der Waals surface area contributed by atoms with Crippen molar-refractivity contribution in [3.63, 3.8) is 0 Å². The minimum atomic E-state index is -0.403. The average Bonchev–Trinajstić information content (AvgIpc) is 3.14. The number of aromatic nitrogens is 3. The molecular weight excluding hydrogens is 393 g/mol. The topological polar surface area (TPSA) is 71.3 Å². The smallest absolute Gasteiger partial charge is 0.274 e. The number of hydrogen-bond acceptors (Lipinski definition) is 6. The van der Waals surface area contributed by atoms with Crippen LogP contribution in [-0.4, -0.2) is 56.7 Å². The lowest BCUT2D eigenvalue weighted by molar-refractivity contribution is 0.0619. The zero-order chi connectivity index (χ0) is 20.4. The van der Waals surface area contributed by atoms with Crippen LogP contribution in [0, 0.1) is 12.7 Å². The maximum Gasteiger partial charge on any atom is 0.274 e. The van der Waals surface area contributed by atoms with Crippen molar-refractivity contribution in [1.82, 2.24) is 24.6 Å². The van der Waals surface area contributed by atoms with E-state index in [-0.39, 0.29) is 17.2 Å². The molecule has 3 heterocycles. The number of rotatable bonds is 4. The first-order valence-corrected chi connectivity index (χ1v) is 10.2. The number of carbonyl (C=O) groups is 1. The highest BCUT2D eigenvalue weighted by molar-refractivity contribution is 7.09. The van der Waals surface area contributed by atoms with Crippen LogP contribution in [0.25, 0.3) is 5.69 Å². The monoisotopic (exact) mass is 413 g/mol. The second-order valence-corrected chi connectivity index (χ2v) is 7.93. The Kier molecular flexibility index (Phi) is 5.50. The molecule has 0 atom stereocenters. The van der Waals surface area contributed by atoms with Crippen molar-refractivity contribution in [2.45, 2.75) is 13.5 Å². The molecule has 1 fully saturated rings. The molecule has 1 aliphatic heterocycles. The number of piperazine rings is 1. The third kappa shape index (κ3) is 4.41. The maximum atomic E-state index is 13.1. The molecule has 0 radical (unpaired) electrons. The van der Waals surface area contributed by atoms with E-state index in [1.165, 1.54) is 36.4 Å². The number of hydrogen-bond donors (Lipinski definition) is 0. The molecule has 7 nitrogen and oxygen atoms in total. The molecule has 4 rings (SSSR count). The molecule has 29 heavy (non-hydrogen) atoms. The maximum absolute atomic E-state index is 13.1. The first kappa shape index (κ1) is 19.4. The van der Waals surface area contributed by atoms with Gasteiger partial charge in [0, 0.05) is 44.2 Å². The second kappa shape index (κ2) is 8.22. The van der Waals surface area contributed by atoms with Crippen molar-refractivity contribution >= 4 is 17.2 Å². The average molecular weight is 413 g/mol. The molecule has 1 aromatic carbocycles. The fourth-order valence-corrected chi connectivity index (χ4v) is 3.88. The van der Waals surface area contributed by atoms with Gasteiger partial charge in [-0.15, -0.1) is 11.3 Å². The Morgan fingerprint density at radius 2 is 1.83 bits per heavy atom. The lowest BCUT2D eigenvalue weighted by atomic mass is 10.2. The second-order valence-electron chi connectivity index (χ2n) is 6.87. The van der Waals surface area contributed by atoms with E-state index in [1.54, 1.807) is 16.2 Å². The van der Waals surface area contributed by atoms with E-state index in [0.29, 0.717) is 18.8 Å². The summed E-state index contributed by atoms with van der Waals surface area (Å²) >= 11 is 1.64. The van der Waals surface area contributed by atoms with Crippen LogP contribution in [0.1, 0.15) is 21.2 Å². The van der Waals surface area contributed by atoms with Crippen LogP contribution < -0.4 is 5.56 Å². The van der Waals surface area contributed by atoms with Crippen molar-refractivity contribution in [2.75, 3.05) is 26.2 Å². The van der Waals surface area contributed by atoms with Crippen molar-refractivity contribution in [3.8, 4) is 5.69 Å². The summed E-state index contributed by atoms with van der Waals surface area (Å²) in [6.07, 6.45) is 0. The SMILES string of the molecule is Cc1nc(CN2CCN(C(=O)c3ccc(=O)n(-c4ccc(F)cc4)n3)CC2)cs1. The minimum Gasteiger partial charge on any atom is -0.335 e. The molecule has 0 bridgehead atoms. The summed E-state index contributed by atoms with van der Waals surface area (Å²) in [6.45, 7) is 5.43. The summed E-state index contributed by atoms with van der Waals surface area (Å²) in [4.78, 5) is 33.5. The highest BCUT2D eigenvalue weighted by Crippen LogP contribution is 2.13. The molecule has 0 unspecified atom stereocenters. The van der Waals surface area contributed by atoms with Crippen molar-refractivity contribution in [2.24, 2.45) is 0 Å². The van der Waals surface area contributed by atoms with Gasteiger partial charge < -0.3 is 4.90 Å². The van der Waals surface area contributed by atoms with Crippen molar-refractivity contribution < 1.29 is 9.18 Å². The zero-order valence-corrected chi connectivity index (χ0v) is 16.7. The van der Waals surface area contributed by atoms with Gasteiger partial charge in [-0.3, -0.25) is 14.5 Å². The van der Waals surface area contributed by atoms with Gasteiger partial charge in [0.1, 0.15) is 11.5 Å². The van der Waals surface area contributed by atoms with Crippen molar-refractivity contribution in [3.05, 3.63) is 74.3 Å². The summed E-state index contributed by atoms with van der Waals surface area (Å²) < 4.78 is 14.3. The highest BCUT2D eigenvalue weighted by Gasteiger charge is 2.24. The van der Waals surface area contributed by atoms with Crippen LogP contribution in [-0.2, 0) is 6.54 Å². The molecule has 150 valence electrons. The molecule has 0 saturated carbocycles. The Balaban J connectivity index is 1.44. The number of aryl methyl sites for hydroxylation is 1. The molecule has 0 spiro atoms. The normalized spacial score (nSPS) is 14.9. The van der Waals surface area contributed by atoms with Crippen LogP contribution in [0.5, 0.6) is 0 Å². The number of amides is 1. The fourth-order valence-electron chi connectivity index (χ4n) is 3.27. The summed E-state index contributed by atoms with van der Waals surface area (Å²) in [7, 11) is 0. The first-order valence-electron chi connectivity index (χ1n) is 9.28. The Hall–Kier alpha value is -2.91. The van der Waals surface area contributed by atoms with E-state index in [2.05, 4.69) is 20.4 Å². The molecule has 1 amide bonds. The Bertz CT molecular complexity index is 1070. The minimum absolute atomic E-state index is 0.192. The van der Waals surface area contributed by atoms with E-state index in [0.717, 1.165) is 35.0 Å². The van der Waals surface area contributed by atoms with Gasteiger partial charge in [0.25, 0.3) is 11.5 Å². The standard InChI is InChI=1S/C20H20FN5O2S/c1-14-22-16(13-29-14)12-24-8-10-25(11-9-24)20(28)18-6-7-19(27)26(23-18)17-4-2-15(21)3-5-17/h2-7,13H,8-12H2,1H3. The predicted octanol–water partition coefficient (Wildman–Crippen LogP) is 2.09. The predicted molar refractivity (Wildman–Crippen MR) is 108 cm³/mol. The van der Waals surface area contributed by atoms with Crippen LogP contribution >= 0.6 is 11.3 Å². The molecule has 1 saturated heterocycles. The number of carbonyl (C=O) groups excluding carboxylic acids is 1. The summed E-state index contributed by atoms with van der Waals surface area (Å²) in [5.74, 6) is -0.621. The van der Waals surface area contributed by atoms with Gasteiger partial charge >= 0.3 is 0 Å². The van der Waals surface area contributed by atoms with Gasteiger partial charge in [-0.2, -0.15) is 9.78 Å². The van der Waals surface area contributed by atoms with Crippen LogP contribution in [0.15, 0.2) is 46.6 Å². The number of halogens is 1. The molecule has 2 aromatic heterocycles. The lowest BCUT2D eigenvalue weighted by Gasteiger charge is -2.34. The van der Waals surface area contributed by atoms with E-state index in [1.807, 2.05) is 6.92 Å². The van der Waals surface area contributed by atoms with Gasteiger partial charge in [-0.25, -0.2) is 9.37 Å². The summed E-state index contributed by atoms with van der Waals surface area (Å²) in [5.41, 5.74) is 1.28. The molecule has 9 heteroatoms. The van der Waals surface area contributed by atoms with Crippen LogP contribution in [0.4, 0.5) is 4.39 Å². The Morgan fingerprint density at radius 1 is 1.10 bits per heavy atom. The summed E-state index contributed by atoms with van der Waals surface area (Å²) in [5, 5.41) is 7.32. The van der Waals surface area contributed by atoms with E-state index in [9.17, 15) is 14.0 Å². The number of thiazole rings is 1. The molecule has 3 aromatic rings. The van der Waals surface area contributed by atoms with Crippen molar-refractivity contribution in [1.29, 1.82) is 0 Å². The highest BCUT2D eigenvalue weighted by atomic mass is 32.1. The third-order valence-electron chi connectivity index (χ3n) is 4.80. The van der Waals surface area contributed by atoms with Gasteiger partial charge in [-0.1, -0.05) is 0 Å². The van der Waals surface area contributed by atoms with E-state index in [4.69, 9.17) is 0 Å².